The third kappa shape index (κ3) is 0.611. The van der Waals surface area contributed by atoms with Crippen molar-refractivity contribution in [1.82, 2.24) is 0 Å². The van der Waals surface area contributed by atoms with Crippen molar-refractivity contribution in [2.75, 3.05) is 6.61 Å². The van der Waals surface area contributed by atoms with Gasteiger partial charge in [0.05, 0.1) is 12.3 Å². The average Bonchev–Trinajstić information content (AvgIpc) is 2.35. The summed E-state index contributed by atoms with van der Waals surface area (Å²) in [6.07, 6.45) is 1.07. The highest BCUT2D eigenvalue weighted by Gasteiger charge is 2.48. The average molecular weight is 141 g/mol. The second kappa shape index (κ2) is 1.72. The van der Waals surface area contributed by atoms with Gasteiger partial charge in [0, 0.05) is 6.42 Å². The summed E-state index contributed by atoms with van der Waals surface area (Å²) in [5.74, 6) is 0. The number of hydrogen-bond acceptors (Lipinski definition) is 3. The van der Waals surface area contributed by atoms with Crippen LogP contribution >= 0.6 is 0 Å². The van der Waals surface area contributed by atoms with Crippen LogP contribution in [0.1, 0.15) is 20.3 Å². The van der Waals surface area contributed by atoms with Crippen molar-refractivity contribution in [3.8, 4) is 0 Å². The molecule has 1 unspecified atom stereocenters. The van der Waals surface area contributed by atoms with Crippen LogP contribution in [0.3, 0.4) is 0 Å². The van der Waals surface area contributed by atoms with Gasteiger partial charge in [-0.05, 0) is 13.8 Å². The van der Waals surface area contributed by atoms with Crippen LogP contribution in [-0.2, 0) is 9.57 Å². The zero-order valence-corrected chi connectivity index (χ0v) is 6.26. The maximum Gasteiger partial charge on any atom is 0.168 e. The molecule has 0 saturated carbocycles. The van der Waals surface area contributed by atoms with E-state index in [1.165, 1.54) is 0 Å². The van der Waals surface area contributed by atoms with Gasteiger partial charge in [-0.3, -0.25) is 0 Å². The second-order valence-corrected chi connectivity index (χ2v) is 3.14. The van der Waals surface area contributed by atoms with Gasteiger partial charge in [-0.25, -0.2) is 0 Å². The lowest BCUT2D eigenvalue weighted by molar-refractivity contribution is -0.0273. The van der Waals surface area contributed by atoms with E-state index in [9.17, 15) is 0 Å². The number of oxime groups is 1. The van der Waals surface area contributed by atoms with E-state index in [1.54, 1.807) is 0 Å². The van der Waals surface area contributed by atoms with Gasteiger partial charge in [0.25, 0.3) is 0 Å². The quantitative estimate of drug-likeness (QED) is 0.502. The number of hydrogen-bond donors (Lipinski definition) is 0. The molecule has 3 nitrogen and oxygen atoms in total. The lowest BCUT2D eigenvalue weighted by atomic mass is 9.96. The van der Waals surface area contributed by atoms with Crippen molar-refractivity contribution in [2.24, 2.45) is 5.16 Å². The van der Waals surface area contributed by atoms with Crippen molar-refractivity contribution < 1.29 is 9.57 Å². The number of fused-ring (bicyclic) bond motifs is 1. The molecule has 2 rings (SSSR count). The van der Waals surface area contributed by atoms with E-state index in [0.29, 0.717) is 0 Å². The Morgan fingerprint density at radius 3 is 3.20 bits per heavy atom. The van der Waals surface area contributed by atoms with E-state index in [4.69, 9.17) is 9.57 Å². The van der Waals surface area contributed by atoms with Gasteiger partial charge in [0.2, 0.25) is 0 Å². The first-order valence-corrected chi connectivity index (χ1v) is 3.57. The molecule has 0 aliphatic carbocycles. The summed E-state index contributed by atoms with van der Waals surface area (Å²) in [7, 11) is 0. The first-order chi connectivity index (χ1) is 4.72. The first kappa shape index (κ1) is 6.16. The van der Waals surface area contributed by atoms with Crippen molar-refractivity contribution in [3.05, 3.63) is 0 Å². The Kier molecular flexibility index (Phi) is 1.06. The van der Waals surface area contributed by atoms with Gasteiger partial charge < -0.3 is 9.57 Å². The third-order valence-corrected chi connectivity index (χ3v) is 2.22. The Morgan fingerprint density at radius 2 is 2.50 bits per heavy atom. The monoisotopic (exact) mass is 141 g/mol. The van der Waals surface area contributed by atoms with Crippen LogP contribution in [0.15, 0.2) is 5.16 Å². The summed E-state index contributed by atoms with van der Waals surface area (Å²) in [6.45, 7) is 4.79. The van der Waals surface area contributed by atoms with Crippen LogP contribution in [0.2, 0.25) is 0 Å². The van der Waals surface area contributed by atoms with Crippen LogP contribution in [0.4, 0.5) is 0 Å². The highest BCUT2D eigenvalue weighted by molar-refractivity contribution is 5.88. The van der Waals surface area contributed by atoms with Gasteiger partial charge in [0.15, 0.2) is 5.60 Å². The molecule has 10 heavy (non-hydrogen) atoms. The van der Waals surface area contributed by atoms with Crippen molar-refractivity contribution >= 4 is 5.71 Å². The minimum absolute atomic E-state index is 0.118. The molecule has 2 atom stereocenters. The number of nitrogens with zero attached hydrogens (tertiary/aromatic N) is 1. The fraction of sp³-hybridized carbons (Fsp3) is 0.857. The summed E-state index contributed by atoms with van der Waals surface area (Å²) in [5, 5.41) is 3.88. The standard InChI is InChI=1S/C7H11NO2/c1-5-6-7(2,10-8-5)3-4-9-6/h6H,3-4H2,1-2H3/t6?,7-/m1/s1. The van der Waals surface area contributed by atoms with Gasteiger partial charge in [-0.1, -0.05) is 5.16 Å². The van der Waals surface area contributed by atoms with Crippen LogP contribution in [-0.4, -0.2) is 24.0 Å². The lowest BCUT2D eigenvalue weighted by Crippen LogP contribution is -2.35. The summed E-state index contributed by atoms with van der Waals surface area (Å²) in [4.78, 5) is 5.24. The molecule has 2 aliphatic heterocycles. The van der Waals surface area contributed by atoms with Crippen LogP contribution < -0.4 is 0 Å². The fourth-order valence-electron chi connectivity index (χ4n) is 1.57. The van der Waals surface area contributed by atoms with E-state index < -0.39 is 0 Å². The minimum Gasteiger partial charge on any atom is -0.386 e. The Labute approximate surface area is 60.0 Å². The molecule has 56 valence electrons. The summed E-state index contributed by atoms with van der Waals surface area (Å²) < 4.78 is 5.44. The van der Waals surface area contributed by atoms with Gasteiger partial charge in [0.1, 0.15) is 6.10 Å². The highest BCUT2D eigenvalue weighted by Crippen LogP contribution is 2.34. The zero-order chi connectivity index (χ0) is 7.19. The van der Waals surface area contributed by atoms with E-state index in [0.717, 1.165) is 18.7 Å². The summed E-state index contributed by atoms with van der Waals surface area (Å²) in [6, 6.07) is 0. The summed E-state index contributed by atoms with van der Waals surface area (Å²) >= 11 is 0. The lowest BCUT2D eigenvalue weighted by Gasteiger charge is -2.18. The predicted octanol–water partition coefficient (Wildman–Crippen LogP) is 0.940. The molecule has 0 aromatic carbocycles. The molecule has 0 spiro atoms. The van der Waals surface area contributed by atoms with E-state index in [-0.39, 0.29) is 11.7 Å². The Bertz CT molecular complexity index is 190. The highest BCUT2D eigenvalue weighted by atomic mass is 16.7. The molecule has 0 N–H and O–H groups in total. The maximum absolute atomic E-state index is 5.44. The van der Waals surface area contributed by atoms with Crippen LogP contribution in [0.5, 0.6) is 0 Å². The molecule has 2 aliphatic rings. The second-order valence-electron chi connectivity index (χ2n) is 3.14. The molecule has 0 aromatic rings. The summed E-state index contributed by atoms with van der Waals surface area (Å²) in [5.41, 5.74) is 0.823. The fourth-order valence-corrected chi connectivity index (χ4v) is 1.57. The molecule has 0 radical (unpaired) electrons. The predicted molar refractivity (Wildman–Crippen MR) is 37.0 cm³/mol. The Hall–Kier alpha value is -0.570. The van der Waals surface area contributed by atoms with Gasteiger partial charge >= 0.3 is 0 Å². The molecular weight excluding hydrogens is 130 g/mol. The smallest absolute Gasteiger partial charge is 0.168 e. The molecule has 0 bridgehead atoms. The zero-order valence-electron chi connectivity index (χ0n) is 6.26. The van der Waals surface area contributed by atoms with Gasteiger partial charge in [-0.15, -0.1) is 0 Å². The number of rotatable bonds is 0. The number of ether oxygens (including phenoxy) is 1. The van der Waals surface area contributed by atoms with E-state index in [1.807, 2.05) is 13.8 Å². The van der Waals surface area contributed by atoms with E-state index in [2.05, 4.69) is 5.16 Å². The SMILES string of the molecule is CC1=NO[C@]2(C)CCOC12. The molecule has 0 amide bonds. The van der Waals surface area contributed by atoms with Crippen molar-refractivity contribution in [1.29, 1.82) is 0 Å². The Balaban J connectivity index is 2.27. The van der Waals surface area contributed by atoms with Crippen molar-refractivity contribution in [3.63, 3.8) is 0 Å². The molecule has 2 heterocycles. The maximum atomic E-state index is 5.44. The molecule has 1 saturated heterocycles. The molecular formula is C7H11NO2. The van der Waals surface area contributed by atoms with Crippen LogP contribution in [0.25, 0.3) is 0 Å². The van der Waals surface area contributed by atoms with Crippen molar-refractivity contribution in [2.45, 2.75) is 32.0 Å². The minimum atomic E-state index is -0.149. The molecule has 3 heteroatoms. The normalized spacial score (nSPS) is 44.6. The Morgan fingerprint density at radius 1 is 1.70 bits per heavy atom. The molecule has 1 fully saturated rings. The van der Waals surface area contributed by atoms with Crippen LogP contribution in [0, 0.1) is 0 Å². The van der Waals surface area contributed by atoms with E-state index >= 15 is 0 Å². The topological polar surface area (TPSA) is 30.8 Å². The largest absolute Gasteiger partial charge is 0.386 e. The third-order valence-electron chi connectivity index (χ3n) is 2.22. The van der Waals surface area contributed by atoms with Gasteiger partial charge in [-0.2, -0.15) is 0 Å². The first-order valence-electron chi connectivity index (χ1n) is 3.57. The molecule has 0 aromatic heterocycles.